The first-order chi connectivity index (χ1) is 12.6. The van der Waals surface area contributed by atoms with E-state index in [1.807, 2.05) is 0 Å². The van der Waals surface area contributed by atoms with Crippen LogP contribution in [0, 0.1) is 0 Å². The van der Waals surface area contributed by atoms with Gasteiger partial charge in [0.05, 0.1) is 26.6 Å². The zero-order valence-electron chi connectivity index (χ0n) is 14.1. The van der Waals surface area contributed by atoms with Gasteiger partial charge in [-0.05, 0) is 24.3 Å². The van der Waals surface area contributed by atoms with Gasteiger partial charge in [-0.3, -0.25) is 0 Å². The third-order valence-corrected chi connectivity index (χ3v) is 3.24. The highest BCUT2D eigenvalue weighted by molar-refractivity contribution is 5.87. The summed E-state index contributed by atoms with van der Waals surface area (Å²) in [6.07, 6.45) is 2.52. The Morgan fingerprint density at radius 2 is 1.31 bits per heavy atom. The fraction of sp³-hybridized carbons (Fsp3) is 0.118. The number of aromatic hydroxyl groups is 2. The molecule has 4 N–H and O–H groups in total. The maximum Gasteiger partial charge on any atom is 0.355 e. The first-order valence-electron chi connectivity index (χ1n) is 7.41. The van der Waals surface area contributed by atoms with E-state index in [9.17, 15) is 15.0 Å². The summed E-state index contributed by atoms with van der Waals surface area (Å²) in [5.41, 5.74) is 5.11. The maximum atomic E-state index is 11.6. The topological polar surface area (TPSA) is 125 Å². The van der Waals surface area contributed by atoms with E-state index in [4.69, 9.17) is 9.47 Å². The molecular weight excluding hydrogens is 340 g/mol. The maximum absolute atomic E-state index is 11.6. The van der Waals surface area contributed by atoms with Gasteiger partial charge in [-0.2, -0.15) is 10.2 Å². The number of benzene rings is 2. The van der Waals surface area contributed by atoms with Crippen molar-refractivity contribution in [2.24, 2.45) is 10.2 Å². The average Bonchev–Trinajstić information content (AvgIpc) is 2.64. The van der Waals surface area contributed by atoms with E-state index in [2.05, 4.69) is 21.1 Å². The Bertz CT molecular complexity index is 768. The number of nitrogens with one attached hydrogen (secondary N) is 2. The second-order valence-electron chi connectivity index (χ2n) is 4.87. The molecule has 0 bridgehead atoms. The van der Waals surface area contributed by atoms with Crippen LogP contribution in [0.3, 0.4) is 0 Å². The molecule has 0 spiro atoms. The number of nitrogens with zero attached hydrogens (tertiary/aromatic N) is 2. The largest absolute Gasteiger partial charge is 0.504 e. The van der Waals surface area contributed by atoms with Gasteiger partial charge in [-0.15, -0.1) is 0 Å². The molecule has 9 heteroatoms. The molecule has 2 rings (SSSR count). The minimum Gasteiger partial charge on any atom is -0.504 e. The Balaban J connectivity index is 1.92. The third-order valence-electron chi connectivity index (χ3n) is 3.24. The van der Waals surface area contributed by atoms with Crippen LogP contribution in [-0.2, 0) is 0 Å². The average molecular weight is 358 g/mol. The number of hydrazone groups is 2. The van der Waals surface area contributed by atoms with Crippen molar-refractivity contribution in [2.75, 3.05) is 14.2 Å². The molecule has 0 saturated heterocycles. The highest BCUT2D eigenvalue weighted by Gasteiger charge is 2.06. The van der Waals surface area contributed by atoms with Crippen molar-refractivity contribution < 1.29 is 24.5 Å². The second kappa shape index (κ2) is 8.92. The monoisotopic (exact) mass is 358 g/mol. The molecule has 2 amide bonds. The molecule has 0 heterocycles. The Hall–Kier alpha value is -3.75. The lowest BCUT2D eigenvalue weighted by Crippen LogP contribution is -2.28. The van der Waals surface area contributed by atoms with Crippen molar-refractivity contribution in [3.05, 3.63) is 47.5 Å². The van der Waals surface area contributed by atoms with Gasteiger partial charge in [0.1, 0.15) is 0 Å². The van der Waals surface area contributed by atoms with Gasteiger partial charge in [0.25, 0.3) is 0 Å². The van der Waals surface area contributed by atoms with Crippen molar-refractivity contribution in [1.29, 1.82) is 0 Å². The summed E-state index contributed by atoms with van der Waals surface area (Å²) in [4.78, 5) is 11.6. The predicted molar refractivity (Wildman–Crippen MR) is 96.2 cm³/mol. The van der Waals surface area contributed by atoms with E-state index >= 15 is 0 Å². The summed E-state index contributed by atoms with van der Waals surface area (Å²) in [7, 11) is 2.86. The van der Waals surface area contributed by atoms with Gasteiger partial charge in [-0.1, -0.05) is 12.1 Å². The van der Waals surface area contributed by atoms with E-state index in [0.717, 1.165) is 0 Å². The lowest BCUT2D eigenvalue weighted by atomic mass is 10.2. The van der Waals surface area contributed by atoms with Crippen molar-refractivity contribution >= 4 is 18.5 Å². The van der Waals surface area contributed by atoms with Gasteiger partial charge in [0, 0.05) is 11.1 Å². The Morgan fingerprint density at radius 1 is 0.885 bits per heavy atom. The number of hydrogen-bond acceptors (Lipinski definition) is 7. The molecule has 0 aliphatic rings. The SMILES string of the molecule is COc1cccc(/C=N/NC(=O)N/N=C/c2cccc(OC)c2O)c1O. The molecule has 26 heavy (non-hydrogen) atoms. The second-order valence-corrected chi connectivity index (χ2v) is 4.87. The molecular formula is C17H18N4O5. The number of phenols is 2. The van der Waals surface area contributed by atoms with E-state index < -0.39 is 6.03 Å². The Kier molecular flexibility index (Phi) is 6.38. The number of phenolic OH excluding ortho intramolecular Hbond substituents is 2. The van der Waals surface area contributed by atoms with E-state index in [1.54, 1.807) is 36.4 Å². The van der Waals surface area contributed by atoms with Crippen molar-refractivity contribution in [3.8, 4) is 23.0 Å². The van der Waals surface area contributed by atoms with Crippen LogP contribution < -0.4 is 20.3 Å². The number of ether oxygens (including phenoxy) is 2. The first kappa shape index (κ1) is 18.6. The minimum absolute atomic E-state index is 0.0903. The molecule has 2 aromatic rings. The van der Waals surface area contributed by atoms with Crippen LogP contribution in [0.5, 0.6) is 23.0 Å². The summed E-state index contributed by atoms with van der Waals surface area (Å²) >= 11 is 0. The molecule has 2 aromatic carbocycles. The highest BCUT2D eigenvalue weighted by atomic mass is 16.5. The molecule has 0 aromatic heterocycles. The molecule has 0 saturated carbocycles. The number of carbonyl (C=O) groups is 1. The quantitative estimate of drug-likeness (QED) is 0.463. The molecule has 0 fully saturated rings. The highest BCUT2D eigenvalue weighted by Crippen LogP contribution is 2.28. The lowest BCUT2D eigenvalue weighted by Gasteiger charge is -2.05. The number of rotatable bonds is 6. The van der Waals surface area contributed by atoms with Gasteiger partial charge in [0.15, 0.2) is 23.0 Å². The van der Waals surface area contributed by atoms with Crippen LogP contribution in [-0.4, -0.2) is 42.9 Å². The van der Waals surface area contributed by atoms with E-state index in [0.29, 0.717) is 22.6 Å². The summed E-state index contributed by atoms with van der Waals surface area (Å²) in [5.74, 6) is 0.405. The number of carbonyl (C=O) groups excluding carboxylic acids is 1. The fourth-order valence-electron chi connectivity index (χ4n) is 1.96. The Morgan fingerprint density at radius 3 is 1.69 bits per heavy atom. The van der Waals surface area contributed by atoms with Crippen LogP contribution in [0.25, 0.3) is 0 Å². The van der Waals surface area contributed by atoms with Crippen molar-refractivity contribution in [1.82, 2.24) is 10.9 Å². The third kappa shape index (κ3) is 4.63. The lowest BCUT2D eigenvalue weighted by molar-refractivity contribution is 0.242. The minimum atomic E-state index is -0.706. The van der Waals surface area contributed by atoms with Crippen LogP contribution >= 0.6 is 0 Å². The van der Waals surface area contributed by atoms with Gasteiger partial charge in [-0.25, -0.2) is 15.6 Å². The Labute approximate surface area is 149 Å². The summed E-state index contributed by atoms with van der Waals surface area (Å²) in [5, 5.41) is 27.2. The predicted octanol–water partition coefficient (Wildman–Crippen LogP) is 1.78. The van der Waals surface area contributed by atoms with E-state index in [-0.39, 0.29) is 11.5 Å². The zero-order valence-corrected chi connectivity index (χ0v) is 14.1. The summed E-state index contributed by atoms with van der Waals surface area (Å²) < 4.78 is 9.95. The molecule has 9 nitrogen and oxygen atoms in total. The number of methoxy groups -OCH3 is 2. The summed E-state index contributed by atoms with van der Waals surface area (Å²) in [6.45, 7) is 0. The molecule has 0 atom stereocenters. The van der Waals surface area contributed by atoms with Crippen LogP contribution in [0.4, 0.5) is 4.79 Å². The standard InChI is InChI=1S/C17H18N4O5/c1-25-13-7-3-5-11(15(13)22)9-18-20-17(24)21-19-10-12-6-4-8-14(26-2)16(12)23/h3-10,22-23H,1-2H3,(H2,20,21,24)/b18-9+,19-10+. The van der Waals surface area contributed by atoms with Crippen molar-refractivity contribution in [2.45, 2.75) is 0 Å². The fourth-order valence-corrected chi connectivity index (χ4v) is 1.96. The van der Waals surface area contributed by atoms with Crippen LogP contribution in [0.15, 0.2) is 46.6 Å². The molecule has 136 valence electrons. The van der Waals surface area contributed by atoms with Gasteiger partial charge >= 0.3 is 6.03 Å². The first-order valence-corrected chi connectivity index (χ1v) is 7.41. The molecule has 0 aliphatic heterocycles. The molecule has 0 radical (unpaired) electrons. The molecule has 0 aliphatic carbocycles. The van der Waals surface area contributed by atoms with E-state index in [1.165, 1.54) is 26.6 Å². The summed E-state index contributed by atoms with van der Waals surface area (Å²) in [6, 6.07) is 9.03. The number of para-hydroxylation sites is 2. The van der Waals surface area contributed by atoms with Crippen LogP contribution in [0.2, 0.25) is 0 Å². The normalized spacial score (nSPS) is 10.8. The van der Waals surface area contributed by atoms with Gasteiger partial charge < -0.3 is 19.7 Å². The van der Waals surface area contributed by atoms with Gasteiger partial charge in [0.2, 0.25) is 0 Å². The van der Waals surface area contributed by atoms with Crippen molar-refractivity contribution in [3.63, 3.8) is 0 Å². The number of amides is 2. The smallest absolute Gasteiger partial charge is 0.355 e. The molecule has 0 unspecified atom stereocenters. The number of hydrogen-bond donors (Lipinski definition) is 4. The number of urea groups is 1. The zero-order chi connectivity index (χ0) is 18.9. The van der Waals surface area contributed by atoms with Crippen LogP contribution in [0.1, 0.15) is 11.1 Å².